The molecule has 0 radical (unpaired) electrons. The van der Waals surface area contributed by atoms with Crippen molar-refractivity contribution in [2.24, 2.45) is 0 Å². The molecule has 0 unspecified atom stereocenters. The van der Waals surface area contributed by atoms with E-state index in [0.29, 0.717) is 0 Å². The molecule has 4 rings (SSSR count). The highest BCUT2D eigenvalue weighted by Gasteiger charge is 1.95. The average Bonchev–Trinajstić information content (AvgIpc) is 3.30. The van der Waals surface area contributed by atoms with E-state index in [1.165, 1.54) is 0 Å². The number of rotatable bonds is 2. The number of nitrogens with one attached hydrogen (secondary N) is 2. The first-order valence-electron chi connectivity index (χ1n) is 7.03. The fourth-order valence-electron chi connectivity index (χ4n) is 2.02. The van der Waals surface area contributed by atoms with Crippen molar-refractivity contribution in [1.29, 1.82) is 0 Å². The number of hydrogen-bond acceptors (Lipinski definition) is 2. The molecular weight excluding hydrogens is 272 g/mol. The Morgan fingerprint density at radius 2 is 1.05 bits per heavy atom. The quantitative estimate of drug-likeness (QED) is 0.582. The van der Waals surface area contributed by atoms with Gasteiger partial charge in [-0.2, -0.15) is 0 Å². The van der Waals surface area contributed by atoms with Crippen molar-refractivity contribution >= 4 is 0 Å². The molecular formula is C18H16N4. The Morgan fingerprint density at radius 1 is 0.545 bits per heavy atom. The molecule has 0 aromatic carbocycles. The van der Waals surface area contributed by atoms with Gasteiger partial charge in [0.2, 0.25) is 0 Å². The first-order valence-corrected chi connectivity index (χ1v) is 7.03. The van der Waals surface area contributed by atoms with Crippen LogP contribution in [-0.2, 0) is 0 Å². The molecule has 0 bridgehead atoms. The summed E-state index contributed by atoms with van der Waals surface area (Å²) in [6.45, 7) is 0. The predicted molar refractivity (Wildman–Crippen MR) is 88.0 cm³/mol. The van der Waals surface area contributed by atoms with Gasteiger partial charge in [0, 0.05) is 24.8 Å². The molecule has 22 heavy (non-hydrogen) atoms. The molecule has 0 aliphatic carbocycles. The summed E-state index contributed by atoms with van der Waals surface area (Å²) >= 11 is 0. The molecule has 4 heteroatoms. The molecule has 0 aliphatic rings. The Bertz CT molecular complexity index is 691. The Balaban J connectivity index is 0.000000133. The van der Waals surface area contributed by atoms with Crippen LogP contribution >= 0.6 is 0 Å². The van der Waals surface area contributed by atoms with E-state index >= 15 is 0 Å². The van der Waals surface area contributed by atoms with E-state index < -0.39 is 0 Å². The Hall–Kier alpha value is -3.14. The summed E-state index contributed by atoms with van der Waals surface area (Å²) in [6, 6.07) is 19.6. The fourth-order valence-corrected chi connectivity index (χ4v) is 2.02. The van der Waals surface area contributed by atoms with Crippen LogP contribution in [0.5, 0.6) is 0 Å². The standard InChI is InChI=1S/C10H8N2.C8H8N2/c1-3-7-11-9(5-1)10-6-2-4-8-12-10;1-3-7(9-5-1)8-4-2-6-10-8/h1-8H;1-6,9-10H. The predicted octanol–water partition coefficient (Wildman–Crippen LogP) is 4.15. The van der Waals surface area contributed by atoms with Gasteiger partial charge in [0.1, 0.15) is 0 Å². The summed E-state index contributed by atoms with van der Waals surface area (Å²) in [5.74, 6) is 0. The van der Waals surface area contributed by atoms with Gasteiger partial charge in [-0.05, 0) is 48.5 Å². The summed E-state index contributed by atoms with van der Waals surface area (Å²) < 4.78 is 0. The van der Waals surface area contributed by atoms with E-state index in [9.17, 15) is 0 Å². The summed E-state index contributed by atoms with van der Waals surface area (Å²) in [4.78, 5) is 14.6. The van der Waals surface area contributed by atoms with Crippen LogP contribution in [0.25, 0.3) is 22.8 Å². The van der Waals surface area contributed by atoms with Gasteiger partial charge in [-0.3, -0.25) is 9.97 Å². The molecule has 0 aliphatic heterocycles. The lowest BCUT2D eigenvalue weighted by molar-refractivity contribution is 1.25. The number of aromatic amines is 2. The first kappa shape index (κ1) is 13.8. The van der Waals surface area contributed by atoms with E-state index in [4.69, 9.17) is 0 Å². The molecule has 4 heterocycles. The molecule has 0 saturated carbocycles. The van der Waals surface area contributed by atoms with Crippen LogP contribution in [0, 0.1) is 0 Å². The summed E-state index contributed by atoms with van der Waals surface area (Å²) in [6.07, 6.45) is 7.36. The Kier molecular flexibility index (Phi) is 4.42. The maximum atomic E-state index is 4.19. The van der Waals surface area contributed by atoms with Gasteiger partial charge in [-0.1, -0.05) is 12.1 Å². The highest BCUT2D eigenvalue weighted by atomic mass is 14.8. The molecule has 0 atom stereocenters. The van der Waals surface area contributed by atoms with Crippen molar-refractivity contribution < 1.29 is 0 Å². The second-order valence-corrected chi connectivity index (χ2v) is 4.60. The lowest BCUT2D eigenvalue weighted by Gasteiger charge is -1.96. The van der Waals surface area contributed by atoms with E-state index in [2.05, 4.69) is 19.9 Å². The smallest absolute Gasteiger partial charge is 0.0886 e. The second-order valence-electron chi connectivity index (χ2n) is 4.60. The topological polar surface area (TPSA) is 57.4 Å². The minimum Gasteiger partial charge on any atom is -0.360 e. The van der Waals surface area contributed by atoms with E-state index in [1.807, 2.05) is 73.1 Å². The van der Waals surface area contributed by atoms with Gasteiger partial charge in [-0.15, -0.1) is 0 Å². The summed E-state index contributed by atoms with van der Waals surface area (Å²) in [7, 11) is 0. The molecule has 0 saturated heterocycles. The number of pyridine rings is 2. The van der Waals surface area contributed by atoms with Gasteiger partial charge < -0.3 is 9.97 Å². The summed E-state index contributed by atoms with van der Waals surface area (Å²) in [5, 5.41) is 0. The van der Waals surface area contributed by atoms with Crippen molar-refractivity contribution in [3.8, 4) is 22.8 Å². The molecule has 0 amide bonds. The Labute approximate surface area is 128 Å². The molecule has 2 N–H and O–H groups in total. The van der Waals surface area contributed by atoms with E-state index in [-0.39, 0.29) is 0 Å². The monoisotopic (exact) mass is 288 g/mol. The Morgan fingerprint density at radius 3 is 1.36 bits per heavy atom. The maximum Gasteiger partial charge on any atom is 0.0886 e. The van der Waals surface area contributed by atoms with Crippen molar-refractivity contribution in [2.45, 2.75) is 0 Å². The lowest BCUT2D eigenvalue weighted by Crippen LogP contribution is -1.83. The normalized spacial score (nSPS) is 9.82. The van der Waals surface area contributed by atoms with Crippen LogP contribution in [0.15, 0.2) is 85.5 Å². The number of hydrogen-bond donors (Lipinski definition) is 2. The van der Waals surface area contributed by atoms with Gasteiger partial charge in [0.05, 0.1) is 22.8 Å². The van der Waals surface area contributed by atoms with Crippen LogP contribution in [0.2, 0.25) is 0 Å². The van der Waals surface area contributed by atoms with Crippen LogP contribution in [0.1, 0.15) is 0 Å². The highest BCUT2D eigenvalue weighted by Crippen LogP contribution is 2.12. The number of H-pyrrole nitrogens is 2. The van der Waals surface area contributed by atoms with Gasteiger partial charge in [-0.25, -0.2) is 0 Å². The summed E-state index contributed by atoms with van der Waals surface area (Å²) in [5.41, 5.74) is 4.09. The maximum absolute atomic E-state index is 4.19. The minimum atomic E-state index is 0.915. The third-order valence-electron chi connectivity index (χ3n) is 3.08. The SMILES string of the molecule is c1c[nH]c(-c2ccc[nH]2)c1.c1ccc(-c2ccccn2)nc1. The second kappa shape index (κ2) is 7.04. The van der Waals surface area contributed by atoms with Crippen molar-refractivity contribution in [3.63, 3.8) is 0 Å². The molecule has 4 aromatic rings. The van der Waals surface area contributed by atoms with E-state index in [1.54, 1.807) is 12.4 Å². The zero-order valence-corrected chi connectivity index (χ0v) is 12.0. The molecule has 4 aromatic heterocycles. The van der Waals surface area contributed by atoms with Crippen LogP contribution in [0.3, 0.4) is 0 Å². The fraction of sp³-hybridized carbons (Fsp3) is 0. The minimum absolute atomic E-state index is 0.915. The van der Waals surface area contributed by atoms with Crippen LogP contribution < -0.4 is 0 Å². The molecule has 0 spiro atoms. The zero-order valence-electron chi connectivity index (χ0n) is 12.0. The number of aromatic nitrogens is 4. The first-order chi connectivity index (χ1) is 10.9. The molecule has 0 fully saturated rings. The van der Waals surface area contributed by atoms with Crippen molar-refractivity contribution in [2.75, 3.05) is 0 Å². The largest absolute Gasteiger partial charge is 0.360 e. The van der Waals surface area contributed by atoms with Crippen LogP contribution in [0.4, 0.5) is 0 Å². The van der Waals surface area contributed by atoms with Crippen molar-refractivity contribution in [3.05, 3.63) is 85.5 Å². The van der Waals surface area contributed by atoms with E-state index in [0.717, 1.165) is 22.8 Å². The highest BCUT2D eigenvalue weighted by molar-refractivity contribution is 5.54. The molecule has 4 nitrogen and oxygen atoms in total. The van der Waals surface area contributed by atoms with Crippen LogP contribution in [-0.4, -0.2) is 19.9 Å². The average molecular weight is 288 g/mol. The third-order valence-corrected chi connectivity index (χ3v) is 3.08. The zero-order chi connectivity index (χ0) is 15.0. The molecule has 108 valence electrons. The van der Waals surface area contributed by atoms with Crippen molar-refractivity contribution in [1.82, 2.24) is 19.9 Å². The van der Waals surface area contributed by atoms with Gasteiger partial charge in [0.25, 0.3) is 0 Å². The van der Waals surface area contributed by atoms with Gasteiger partial charge in [0.15, 0.2) is 0 Å². The number of nitrogens with zero attached hydrogens (tertiary/aromatic N) is 2. The lowest BCUT2D eigenvalue weighted by atomic mass is 10.2. The third kappa shape index (κ3) is 3.49. The van der Waals surface area contributed by atoms with Gasteiger partial charge >= 0.3 is 0 Å².